The molecule has 2 heterocycles. The van der Waals surface area contributed by atoms with Crippen LogP contribution in [0, 0.1) is 0 Å². The van der Waals surface area contributed by atoms with Crippen LogP contribution in [0.25, 0.3) is 0 Å². The van der Waals surface area contributed by atoms with Gasteiger partial charge in [0.2, 0.25) is 5.91 Å². The Morgan fingerprint density at radius 2 is 2.11 bits per heavy atom. The van der Waals surface area contributed by atoms with Gasteiger partial charge in [-0.2, -0.15) is 0 Å². The third kappa shape index (κ3) is 2.51. The smallest absolute Gasteiger partial charge is 0.345 e. The summed E-state index contributed by atoms with van der Waals surface area (Å²) in [7, 11) is 1.68. The largest absolute Gasteiger partial charge is 0.477 e. The van der Waals surface area contributed by atoms with Crippen molar-refractivity contribution in [3.8, 4) is 0 Å². The summed E-state index contributed by atoms with van der Waals surface area (Å²) in [5.74, 6) is -1.38. The predicted molar refractivity (Wildman–Crippen MR) is 64.8 cm³/mol. The van der Waals surface area contributed by atoms with Gasteiger partial charge in [-0.25, -0.2) is 4.79 Å². The normalized spacial score (nSPS) is 19.1. The first-order chi connectivity index (χ1) is 8.47. The molecule has 18 heavy (non-hydrogen) atoms. The third-order valence-electron chi connectivity index (χ3n) is 2.72. The highest BCUT2D eigenvalue weighted by Crippen LogP contribution is 2.17. The van der Waals surface area contributed by atoms with E-state index in [4.69, 9.17) is 5.11 Å². The van der Waals surface area contributed by atoms with E-state index in [1.165, 1.54) is 12.1 Å². The zero-order valence-corrected chi connectivity index (χ0v) is 10.5. The van der Waals surface area contributed by atoms with Gasteiger partial charge >= 0.3 is 5.97 Å². The predicted octanol–water partition coefficient (Wildman–Crippen LogP) is 0.407. The van der Waals surface area contributed by atoms with Crippen molar-refractivity contribution in [2.75, 3.05) is 13.6 Å². The van der Waals surface area contributed by atoms with Gasteiger partial charge in [-0.05, 0) is 12.1 Å². The van der Waals surface area contributed by atoms with Gasteiger partial charge < -0.3 is 15.3 Å². The first-order valence-corrected chi connectivity index (χ1v) is 6.17. The number of hydrogen-bond acceptors (Lipinski definition) is 4. The molecule has 6 nitrogen and oxygen atoms in total. The number of thiophene rings is 1. The van der Waals surface area contributed by atoms with Crippen molar-refractivity contribution in [2.24, 2.45) is 0 Å². The number of likely N-dealkylation sites (N-methyl/N-ethyl adjacent to an activating group) is 1. The van der Waals surface area contributed by atoms with Gasteiger partial charge in [0, 0.05) is 20.0 Å². The molecule has 2 amide bonds. The number of carboxylic acids is 1. The van der Waals surface area contributed by atoms with Gasteiger partial charge in [0.05, 0.1) is 10.9 Å². The molecule has 0 saturated carbocycles. The molecule has 7 heteroatoms. The number of aromatic carboxylic acids is 1. The van der Waals surface area contributed by atoms with E-state index in [1.54, 1.807) is 11.9 Å². The molecular weight excluding hydrogens is 256 g/mol. The molecule has 0 radical (unpaired) electrons. The topological polar surface area (TPSA) is 86.7 Å². The van der Waals surface area contributed by atoms with Gasteiger partial charge in [-0.3, -0.25) is 9.59 Å². The molecule has 1 aliphatic rings. The Balaban J connectivity index is 1.99. The average Bonchev–Trinajstić information content (AvgIpc) is 2.87. The molecule has 96 valence electrons. The van der Waals surface area contributed by atoms with Crippen LogP contribution in [0.3, 0.4) is 0 Å². The molecule has 0 bridgehead atoms. The van der Waals surface area contributed by atoms with E-state index in [9.17, 15) is 14.4 Å². The zero-order chi connectivity index (χ0) is 13.3. The van der Waals surface area contributed by atoms with Crippen LogP contribution in [0.15, 0.2) is 12.1 Å². The van der Waals surface area contributed by atoms with Crippen molar-refractivity contribution in [3.63, 3.8) is 0 Å². The number of hydrogen-bond donors (Lipinski definition) is 2. The van der Waals surface area contributed by atoms with E-state index in [-0.39, 0.29) is 22.7 Å². The maximum Gasteiger partial charge on any atom is 0.345 e. The molecule has 1 saturated heterocycles. The number of amides is 2. The van der Waals surface area contributed by atoms with Crippen molar-refractivity contribution >= 4 is 29.1 Å². The molecule has 0 spiro atoms. The quantitative estimate of drug-likeness (QED) is 0.831. The Kier molecular flexibility index (Phi) is 3.33. The van der Waals surface area contributed by atoms with E-state index >= 15 is 0 Å². The molecule has 2 N–H and O–H groups in total. The molecule has 2 rings (SSSR count). The molecule has 1 aromatic heterocycles. The van der Waals surface area contributed by atoms with Crippen molar-refractivity contribution in [1.29, 1.82) is 0 Å². The second-order valence-electron chi connectivity index (χ2n) is 4.12. The van der Waals surface area contributed by atoms with Crippen LogP contribution in [-0.2, 0) is 4.79 Å². The maximum atomic E-state index is 11.8. The number of rotatable bonds is 3. The summed E-state index contributed by atoms with van der Waals surface area (Å²) in [5, 5.41) is 11.5. The molecule has 0 aliphatic carbocycles. The summed E-state index contributed by atoms with van der Waals surface area (Å²) < 4.78 is 0. The first-order valence-electron chi connectivity index (χ1n) is 5.35. The van der Waals surface area contributed by atoms with Crippen molar-refractivity contribution in [1.82, 2.24) is 10.2 Å². The Morgan fingerprint density at radius 1 is 1.44 bits per heavy atom. The van der Waals surface area contributed by atoms with E-state index in [2.05, 4.69) is 5.32 Å². The van der Waals surface area contributed by atoms with Crippen LogP contribution in [0.4, 0.5) is 0 Å². The standard InChI is InChI=1S/C11H12N2O4S/c1-13-5-6(4-9(13)14)12-10(15)7-2-3-8(18-7)11(16)17/h2-3,6H,4-5H2,1H3,(H,12,15)(H,16,17)/t6-/m1/s1. The van der Waals surface area contributed by atoms with Crippen LogP contribution < -0.4 is 5.32 Å². The summed E-state index contributed by atoms with van der Waals surface area (Å²) in [6.45, 7) is 0.488. The van der Waals surface area contributed by atoms with Crippen molar-refractivity contribution < 1.29 is 19.5 Å². The Labute approximate surface area is 107 Å². The molecule has 1 fully saturated rings. The lowest BCUT2D eigenvalue weighted by atomic mass is 10.2. The van der Waals surface area contributed by atoms with Crippen LogP contribution in [-0.4, -0.2) is 47.4 Å². The molecule has 0 aromatic carbocycles. The third-order valence-corrected chi connectivity index (χ3v) is 3.79. The highest BCUT2D eigenvalue weighted by molar-refractivity contribution is 7.15. The Morgan fingerprint density at radius 3 is 2.61 bits per heavy atom. The Hall–Kier alpha value is -1.89. The minimum Gasteiger partial charge on any atom is -0.477 e. The summed E-state index contributed by atoms with van der Waals surface area (Å²) in [6, 6.07) is 2.67. The lowest BCUT2D eigenvalue weighted by molar-refractivity contribution is -0.126. The molecule has 1 atom stereocenters. The average molecular weight is 268 g/mol. The summed E-state index contributed by atoms with van der Waals surface area (Å²) >= 11 is 0.924. The molecular formula is C11H12N2O4S. The zero-order valence-electron chi connectivity index (χ0n) is 9.67. The van der Waals surface area contributed by atoms with E-state index in [0.29, 0.717) is 17.8 Å². The lowest BCUT2D eigenvalue weighted by Gasteiger charge is -2.11. The van der Waals surface area contributed by atoms with Gasteiger partial charge in [0.25, 0.3) is 5.91 Å². The monoisotopic (exact) mass is 268 g/mol. The highest BCUT2D eigenvalue weighted by atomic mass is 32.1. The number of nitrogens with zero attached hydrogens (tertiary/aromatic N) is 1. The van der Waals surface area contributed by atoms with E-state index < -0.39 is 5.97 Å². The van der Waals surface area contributed by atoms with Gasteiger partial charge in [0.15, 0.2) is 0 Å². The number of carboxylic acid groups (broad SMARTS) is 1. The molecule has 0 unspecified atom stereocenters. The molecule has 1 aliphatic heterocycles. The van der Waals surface area contributed by atoms with Crippen LogP contribution >= 0.6 is 11.3 Å². The fourth-order valence-corrected chi connectivity index (χ4v) is 2.54. The van der Waals surface area contributed by atoms with E-state index in [0.717, 1.165) is 11.3 Å². The molecule has 1 aromatic rings. The summed E-state index contributed by atoms with van der Waals surface area (Å²) in [6.07, 6.45) is 0.291. The summed E-state index contributed by atoms with van der Waals surface area (Å²) in [4.78, 5) is 35.8. The minimum atomic E-state index is -1.05. The van der Waals surface area contributed by atoms with Crippen molar-refractivity contribution in [2.45, 2.75) is 12.5 Å². The second-order valence-corrected chi connectivity index (χ2v) is 5.20. The maximum absolute atomic E-state index is 11.8. The van der Waals surface area contributed by atoms with Crippen LogP contribution in [0.2, 0.25) is 0 Å². The first kappa shape index (κ1) is 12.6. The van der Waals surface area contributed by atoms with Crippen LogP contribution in [0.5, 0.6) is 0 Å². The Bertz CT molecular complexity index is 511. The van der Waals surface area contributed by atoms with Crippen LogP contribution in [0.1, 0.15) is 25.8 Å². The second kappa shape index (κ2) is 4.77. The number of likely N-dealkylation sites (tertiary alicyclic amines) is 1. The fourth-order valence-electron chi connectivity index (χ4n) is 1.79. The van der Waals surface area contributed by atoms with E-state index in [1.807, 2.05) is 0 Å². The highest BCUT2D eigenvalue weighted by Gasteiger charge is 2.28. The van der Waals surface area contributed by atoms with Gasteiger partial charge in [-0.15, -0.1) is 11.3 Å². The number of nitrogens with one attached hydrogen (secondary N) is 1. The minimum absolute atomic E-state index is 0.00213. The van der Waals surface area contributed by atoms with Gasteiger partial charge in [-0.1, -0.05) is 0 Å². The SMILES string of the molecule is CN1C[C@H](NC(=O)c2ccc(C(=O)O)s2)CC1=O. The fraction of sp³-hybridized carbons (Fsp3) is 0.364. The van der Waals surface area contributed by atoms with Gasteiger partial charge in [0.1, 0.15) is 4.88 Å². The number of carbonyl (C=O) groups is 3. The number of carbonyl (C=O) groups excluding carboxylic acids is 2. The lowest BCUT2D eigenvalue weighted by Crippen LogP contribution is -2.36. The summed E-state index contributed by atoms with van der Waals surface area (Å²) in [5.41, 5.74) is 0. The van der Waals surface area contributed by atoms with Crippen molar-refractivity contribution in [3.05, 3.63) is 21.9 Å².